The molecule has 0 aliphatic heterocycles. The van der Waals surface area contributed by atoms with Gasteiger partial charge in [0.1, 0.15) is 0 Å². The number of nitrogen functional groups attached to an aromatic ring is 1. The van der Waals surface area contributed by atoms with E-state index < -0.39 is 0 Å². The van der Waals surface area contributed by atoms with Gasteiger partial charge < -0.3 is 5.73 Å². The molecule has 0 spiro atoms. The van der Waals surface area contributed by atoms with Crippen molar-refractivity contribution in [3.05, 3.63) is 98.4 Å². The molecule has 0 amide bonds. The van der Waals surface area contributed by atoms with Crippen LogP contribution in [-0.4, -0.2) is 0 Å². The maximum absolute atomic E-state index is 6.79. The van der Waals surface area contributed by atoms with E-state index in [-0.39, 0.29) is 16.2 Å². The highest BCUT2D eigenvalue weighted by Gasteiger charge is 2.25. The molecule has 204 valence electrons. The molecule has 0 fully saturated rings. The van der Waals surface area contributed by atoms with E-state index in [1.807, 2.05) is 0 Å². The maximum atomic E-state index is 6.79. The second-order valence-electron chi connectivity index (χ2n) is 13.6. The fourth-order valence-electron chi connectivity index (χ4n) is 4.95. The summed E-state index contributed by atoms with van der Waals surface area (Å²) in [6.07, 6.45) is 0. The summed E-state index contributed by atoms with van der Waals surface area (Å²) in [7, 11) is 0. The molecule has 0 saturated heterocycles. The van der Waals surface area contributed by atoms with E-state index in [1.54, 1.807) is 0 Å². The Hall–Kier alpha value is -2.36. The third-order valence-electron chi connectivity index (χ3n) is 7.53. The van der Waals surface area contributed by atoms with E-state index in [1.165, 1.54) is 16.7 Å². The average Bonchev–Trinajstić information content (AvgIpc) is 2.86. The molecule has 0 unspecified atom stereocenters. The SMILES string of the molecule is CC(C)(C)c1ccc(-c2c(Br)c(N)c(Br)c(-c3ccc(C(C)(C)C)cc3)c2-c2ccc(C(C)(C)C)cc2)cc1. The van der Waals surface area contributed by atoms with Crippen molar-refractivity contribution in [2.45, 2.75) is 78.6 Å². The molecule has 0 aliphatic rings. The Kier molecular flexibility index (Phi) is 8.02. The molecule has 3 heteroatoms. The zero-order valence-corrected chi connectivity index (χ0v) is 27.9. The summed E-state index contributed by atoms with van der Waals surface area (Å²) in [5.74, 6) is 0. The van der Waals surface area contributed by atoms with Crippen LogP contribution >= 0.6 is 31.9 Å². The second-order valence-corrected chi connectivity index (χ2v) is 15.2. The normalized spacial score (nSPS) is 12.6. The fraction of sp³-hybridized carbons (Fsp3) is 0.333. The van der Waals surface area contributed by atoms with Crippen LogP contribution in [0.5, 0.6) is 0 Å². The Morgan fingerprint density at radius 2 is 0.641 bits per heavy atom. The number of anilines is 1. The summed E-state index contributed by atoms with van der Waals surface area (Å²) in [4.78, 5) is 0. The van der Waals surface area contributed by atoms with Crippen LogP contribution in [0.1, 0.15) is 79.0 Å². The molecule has 0 atom stereocenters. The van der Waals surface area contributed by atoms with Gasteiger partial charge in [-0.3, -0.25) is 0 Å². The first-order chi connectivity index (χ1) is 18.0. The van der Waals surface area contributed by atoms with Crippen LogP contribution in [0.3, 0.4) is 0 Å². The smallest absolute Gasteiger partial charge is 0.0616 e. The zero-order valence-electron chi connectivity index (χ0n) is 24.8. The lowest BCUT2D eigenvalue weighted by atomic mass is 9.82. The van der Waals surface area contributed by atoms with Gasteiger partial charge in [0.05, 0.1) is 14.6 Å². The third-order valence-corrected chi connectivity index (χ3v) is 9.18. The van der Waals surface area contributed by atoms with Gasteiger partial charge in [0.2, 0.25) is 0 Å². The summed E-state index contributed by atoms with van der Waals surface area (Å²) < 4.78 is 1.81. The zero-order chi connectivity index (χ0) is 28.9. The van der Waals surface area contributed by atoms with Crippen LogP contribution in [-0.2, 0) is 16.2 Å². The molecular weight excluding hydrogens is 606 g/mol. The van der Waals surface area contributed by atoms with Gasteiger partial charge >= 0.3 is 0 Å². The first-order valence-electron chi connectivity index (χ1n) is 13.6. The molecule has 39 heavy (non-hydrogen) atoms. The van der Waals surface area contributed by atoms with Gasteiger partial charge in [0.15, 0.2) is 0 Å². The van der Waals surface area contributed by atoms with Crippen LogP contribution < -0.4 is 5.73 Å². The van der Waals surface area contributed by atoms with E-state index in [2.05, 4.69) is 167 Å². The average molecular weight is 648 g/mol. The minimum atomic E-state index is 0.0814. The predicted octanol–water partition coefficient (Wildman–Crippen LogP) is 11.7. The first kappa shape index (κ1) is 29.6. The number of benzene rings is 4. The molecule has 0 saturated carbocycles. The van der Waals surface area contributed by atoms with Crippen molar-refractivity contribution in [2.24, 2.45) is 0 Å². The minimum Gasteiger partial charge on any atom is -0.397 e. The van der Waals surface area contributed by atoms with Gasteiger partial charge in [-0.1, -0.05) is 135 Å². The highest BCUT2D eigenvalue weighted by Crippen LogP contribution is 2.51. The van der Waals surface area contributed by atoms with Crippen molar-refractivity contribution < 1.29 is 0 Å². The van der Waals surface area contributed by atoms with Crippen molar-refractivity contribution >= 4 is 37.5 Å². The summed E-state index contributed by atoms with van der Waals surface area (Å²) >= 11 is 7.82. The number of nitrogens with two attached hydrogens (primary N) is 1. The summed E-state index contributed by atoms with van der Waals surface area (Å²) in [6.45, 7) is 20.2. The van der Waals surface area contributed by atoms with Gasteiger partial charge in [0, 0.05) is 11.1 Å². The molecule has 4 aromatic rings. The summed E-state index contributed by atoms with van der Waals surface area (Å²) in [5, 5.41) is 0. The summed E-state index contributed by atoms with van der Waals surface area (Å²) in [5.41, 5.74) is 18.5. The highest BCUT2D eigenvalue weighted by molar-refractivity contribution is 9.11. The van der Waals surface area contributed by atoms with Crippen LogP contribution in [0.15, 0.2) is 81.7 Å². The number of hydrogen-bond donors (Lipinski definition) is 1. The monoisotopic (exact) mass is 645 g/mol. The van der Waals surface area contributed by atoms with E-state index >= 15 is 0 Å². The van der Waals surface area contributed by atoms with E-state index in [0.29, 0.717) is 5.69 Å². The molecular formula is C36H41Br2N. The molecule has 0 heterocycles. The number of halogens is 2. The van der Waals surface area contributed by atoms with Crippen molar-refractivity contribution in [3.63, 3.8) is 0 Å². The molecule has 1 nitrogen and oxygen atoms in total. The van der Waals surface area contributed by atoms with Gasteiger partial charge in [-0.15, -0.1) is 0 Å². The fourth-order valence-corrected chi connectivity index (χ4v) is 6.47. The Bertz CT molecular complexity index is 1390. The van der Waals surface area contributed by atoms with E-state index in [9.17, 15) is 0 Å². The van der Waals surface area contributed by atoms with Gasteiger partial charge in [-0.25, -0.2) is 0 Å². The Morgan fingerprint density at radius 3 is 0.872 bits per heavy atom. The van der Waals surface area contributed by atoms with Crippen LogP contribution in [0.4, 0.5) is 5.69 Å². The molecule has 0 aromatic heterocycles. The van der Waals surface area contributed by atoms with Crippen LogP contribution in [0.2, 0.25) is 0 Å². The van der Waals surface area contributed by atoms with Crippen LogP contribution in [0, 0.1) is 0 Å². The van der Waals surface area contributed by atoms with E-state index in [0.717, 1.165) is 42.3 Å². The Labute approximate surface area is 252 Å². The van der Waals surface area contributed by atoms with Crippen molar-refractivity contribution in [3.8, 4) is 33.4 Å². The minimum absolute atomic E-state index is 0.0814. The Morgan fingerprint density at radius 1 is 0.410 bits per heavy atom. The lowest BCUT2D eigenvalue weighted by Gasteiger charge is -2.25. The predicted molar refractivity (Wildman–Crippen MR) is 179 cm³/mol. The van der Waals surface area contributed by atoms with E-state index in [4.69, 9.17) is 5.73 Å². The maximum Gasteiger partial charge on any atom is 0.0616 e. The molecule has 0 bridgehead atoms. The molecule has 4 aromatic carbocycles. The molecule has 2 N–H and O–H groups in total. The summed E-state index contributed by atoms with van der Waals surface area (Å²) in [6, 6.07) is 26.9. The standard InChI is InChI=1S/C36H41Br2N/c1-34(2,3)25-16-10-22(11-17-25)28-29(23-12-18-26(19-13-23)35(4,5)6)31(37)33(39)32(38)30(28)24-14-20-27(21-15-24)36(7,8)9/h10-21H,39H2,1-9H3. The first-order valence-corrected chi connectivity index (χ1v) is 15.2. The topological polar surface area (TPSA) is 26.0 Å². The molecule has 0 radical (unpaired) electrons. The second kappa shape index (κ2) is 10.6. The largest absolute Gasteiger partial charge is 0.397 e. The lowest BCUT2D eigenvalue weighted by Crippen LogP contribution is -2.11. The lowest BCUT2D eigenvalue weighted by molar-refractivity contribution is 0.590. The van der Waals surface area contributed by atoms with Crippen LogP contribution in [0.25, 0.3) is 33.4 Å². The highest BCUT2D eigenvalue weighted by atomic mass is 79.9. The molecule has 0 aliphatic carbocycles. The van der Waals surface area contributed by atoms with Gasteiger partial charge in [0.25, 0.3) is 0 Å². The van der Waals surface area contributed by atoms with Gasteiger partial charge in [-0.05, 0) is 87.0 Å². The van der Waals surface area contributed by atoms with Crippen molar-refractivity contribution in [2.75, 3.05) is 5.73 Å². The Balaban J connectivity index is 2.06. The van der Waals surface area contributed by atoms with Crippen molar-refractivity contribution in [1.29, 1.82) is 0 Å². The van der Waals surface area contributed by atoms with Crippen molar-refractivity contribution in [1.82, 2.24) is 0 Å². The quantitative estimate of drug-likeness (QED) is 0.220. The molecule has 4 rings (SSSR count). The number of hydrogen-bond acceptors (Lipinski definition) is 1. The third kappa shape index (κ3) is 6.05. The van der Waals surface area contributed by atoms with Gasteiger partial charge in [-0.2, -0.15) is 0 Å². The number of rotatable bonds is 3.